The zero-order chi connectivity index (χ0) is 37.5. The van der Waals surface area contributed by atoms with Crippen LogP contribution in [0.1, 0.15) is 113 Å². The van der Waals surface area contributed by atoms with Gasteiger partial charge in [-0.05, 0) is 89.2 Å². The average Bonchev–Trinajstić information content (AvgIpc) is 3.87. The fourth-order valence-electron chi connectivity index (χ4n) is 9.35. The predicted molar refractivity (Wildman–Crippen MR) is 208 cm³/mol. The molecule has 10 rings (SSSR count). The topological polar surface area (TPSA) is 184 Å². The molecule has 0 amide bonds. The van der Waals surface area contributed by atoms with E-state index in [4.69, 9.17) is 9.97 Å². The van der Waals surface area contributed by atoms with Gasteiger partial charge < -0.3 is 9.97 Å². The van der Waals surface area contributed by atoms with Gasteiger partial charge in [0.15, 0.2) is 11.3 Å². The molecule has 0 saturated heterocycles. The van der Waals surface area contributed by atoms with Gasteiger partial charge in [0.25, 0.3) is 0 Å². The highest BCUT2D eigenvalue weighted by molar-refractivity contribution is 7.90. The first-order chi connectivity index (χ1) is 26.0. The van der Waals surface area contributed by atoms with Crippen LogP contribution in [0, 0.1) is 25.7 Å². The summed E-state index contributed by atoms with van der Waals surface area (Å²) in [6, 6.07) is 4.07. The van der Waals surface area contributed by atoms with Gasteiger partial charge in [-0.15, -0.1) is 0 Å². The highest BCUT2D eigenvalue weighted by Gasteiger charge is 2.44. The molecule has 6 aromatic rings. The molecule has 4 aliphatic carbocycles. The van der Waals surface area contributed by atoms with E-state index < -0.39 is 20.0 Å². The van der Waals surface area contributed by atoms with E-state index in [1.807, 2.05) is 50.8 Å². The summed E-state index contributed by atoms with van der Waals surface area (Å²) in [6.45, 7) is 8.40. The van der Waals surface area contributed by atoms with E-state index >= 15 is 0 Å². The molecule has 6 aromatic heterocycles. The Balaban J connectivity index is 0.000000142. The number of hydrogen-bond acceptors (Lipinski definition) is 8. The lowest BCUT2D eigenvalue weighted by Gasteiger charge is -2.17. The average molecular weight is 775 g/mol. The van der Waals surface area contributed by atoms with Gasteiger partial charge in [0.05, 0.1) is 56.3 Å². The van der Waals surface area contributed by atoms with Crippen molar-refractivity contribution in [3.8, 4) is 0 Å². The molecular formula is C38H50N10O4S2. The second kappa shape index (κ2) is 13.4. The zero-order valence-corrected chi connectivity index (χ0v) is 32.9. The van der Waals surface area contributed by atoms with E-state index in [0.29, 0.717) is 11.8 Å². The lowest BCUT2D eigenvalue weighted by Crippen LogP contribution is -2.35. The highest BCUT2D eigenvalue weighted by Crippen LogP contribution is 2.44. The Kier molecular flexibility index (Phi) is 8.90. The summed E-state index contributed by atoms with van der Waals surface area (Å²) in [5.74, 6) is 3.39. The van der Waals surface area contributed by atoms with Gasteiger partial charge in [0.2, 0.25) is 20.0 Å². The lowest BCUT2D eigenvalue weighted by molar-refractivity contribution is 0.450. The molecule has 4 aliphatic rings. The first-order valence-corrected chi connectivity index (χ1v) is 22.7. The van der Waals surface area contributed by atoms with Gasteiger partial charge in [-0.3, -0.25) is 8.80 Å². The van der Waals surface area contributed by atoms with E-state index in [9.17, 15) is 16.8 Å². The number of sulfonamides is 2. The molecular weight excluding hydrogens is 725 g/mol. The molecule has 0 aromatic carbocycles. The minimum Gasteiger partial charge on any atom is -0.345 e. The SMILES string of the molecule is CC[C@@H]1C[C@H](NS(=O)(=O)C2CC2)C[C@@H]1c1nc(C)c2cnc3[nH]ccc3n12.CC[C@H]1C[C@@H](NS(=O)(=O)C2CC2)C[C@H]1c1nc(C)c2cnc3[nH]ccc3n12. The first-order valence-electron chi connectivity index (χ1n) is 19.6. The van der Waals surface area contributed by atoms with Crippen molar-refractivity contribution in [3.63, 3.8) is 0 Å². The fraction of sp³-hybridized carbons (Fsp3) is 0.579. The molecule has 6 heterocycles. The molecule has 4 fully saturated rings. The molecule has 288 valence electrons. The fourth-order valence-corrected chi connectivity index (χ4v) is 12.6. The van der Waals surface area contributed by atoms with E-state index in [-0.39, 0.29) is 34.4 Å². The van der Waals surface area contributed by atoms with Crippen molar-refractivity contribution in [2.24, 2.45) is 11.8 Å². The number of hydrogen-bond donors (Lipinski definition) is 4. The van der Waals surface area contributed by atoms with Crippen molar-refractivity contribution in [1.29, 1.82) is 0 Å². The maximum atomic E-state index is 12.4. The molecule has 0 aliphatic heterocycles. The van der Waals surface area contributed by atoms with Crippen LogP contribution in [0.5, 0.6) is 0 Å². The minimum absolute atomic E-state index is 0.00163. The quantitative estimate of drug-likeness (QED) is 0.136. The molecule has 14 nitrogen and oxygen atoms in total. The molecule has 54 heavy (non-hydrogen) atoms. The Bertz CT molecular complexity index is 2400. The third-order valence-electron chi connectivity index (χ3n) is 12.5. The Morgan fingerprint density at radius 3 is 1.43 bits per heavy atom. The van der Waals surface area contributed by atoms with Crippen LogP contribution in [0.3, 0.4) is 0 Å². The first kappa shape index (κ1) is 35.8. The Labute approximate surface area is 315 Å². The van der Waals surface area contributed by atoms with Gasteiger partial charge in [-0.2, -0.15) is 0 Å². The number of nitrogens with one attached hydrogen (secondary N) is 4. The van der Waals surface area contributed by atoms with Crippen LogP contribution in [-0.2, 0) is 20.0 Å². The number of imidazole rings is 2. The number of H-pyrrole nitrogens is 2. The van der Waals surface area contributed by atoms with Crippen LogP contribution in [0.25, 0.3) is 33.4 Å². The number of aromatic nitrogens is 8. The molecule has 0 radical (unpaired) electrons. The third kappa shape index (κ3) is 6.32. The van der Waals surface area contributed by atoms with Crippen molar-refractivity contribution in [1.82, 2.24) is 48.1 Å². The van der Waals surface area contributed by atoms with E-state index in [1.165, 1.54) is 0 Å². The number of rotatable bonds is 10. The van der Waals surface area contributed by atoms with Crippen LogP contribution in [0.4, 0.5) is 0 Å². The number of aryl methyl sites for hydroxylation is 2. The summed E-state index contributed by atoms with van der Waals surface area (Å²) in [4.78, 5) is 25.1. The van der Waals surface area contributed by atoms with E-state index in [1.54, 1.807) is 0 Å². The number of nitrogens with zero attached hydrogens (tertiary/aromatic N) is 6. The highest BCUT2D eigenvalue weighted by atomic mass is 32.2. The van der Waals surface area contributed by atoms with Gasteiger partial charge >= 0.3 is 0 Å². The maximum Gasteiger partial charge on any atom is 0.214 e. The number of fused-ring (bicyclic) bond motifs is 6. The Hall–Kier alpha value is -3.86. The Morgan fingerprint density at radius 2 is 1.06 bits per heavy atom. The van der Waals surface area contributed by atoms with Crippen molar-refractivity contribution >= 4 is 53.4 Å². The summed E-state index contributed by atoms with van der Waals surface area (Å²) >= 11 is 0. The van der Waals surface area contributed by atoms with Gasteiger partial charge in [-0.1, -0.05) is 26.7 Å². The summed E-state index contributed by atoms with van der Waals surface area (Å²) in [6.07, 6.45) is 16.1. The summed E-state index contributed by atoms with van der Waals surface area (Å²) < 4.78 is 60.0. The maximum absolute atomic E-state index is 12.4. The van der Waals surface area contributed by atoms with E-state index in [2.05, 4.69) is 52.0 Å². The molecule has 0 spiro atoms. The molecule has 4 saturated carbocycles. The summed E-state index contributed by atoms with van der Waals surface area (Å²) in [5.41, 5.74) is 7.73. The zero-order valence-electron chi connectivity index (χ0n) is 31.3. The second-order valence-corrected chi connectivity index (χ2v) is 20.1. The normalized spacial score (nSPS) is 26.4. The second-order valence-electron chi connectivity index (χ2n) is 16.1. The van der Waals surface area contributed by atoms with Crippen molar-refractivity contribution in [2.75, 3.05) is 0 Å². The Morgan fingerprint density at radius 1 is 0.648 bits per heavy atom. The smallest absolute Gasteiger partial charge is 0.214 e. The summed E-state index contributed by atoms with van der Waals surface area (Å²) in [5, 5.41) is -0.339. The van der Waals surface area contributed by atoms with Crippen LogP contribution < -0.4 is 9.44 Å². The molecule has 0 unspecified atom stereocenters. The minimum atomic E-state index is -3.16. The monoisotopic (exact) mass is 774 g/mol. The van der Waals surface area contributed by atoms with Gasteiger partial charge in [0.1, 0.15) is 11.6 Å². The van der Waals surface area contributed by atoms with Gasteiger partial charge in [0, 0.05) is 36.3 Å². The van der Waals surface area contributed by atoms with Crippen LogP contribution in [0.2, 0.25) is 0 Å². The van der Waals surface area contributed by atoms with Crippen LogP contribution in [0.15, 0.2) is 36.9 Å². The molecule has 0 bridgehead atoms. The lowest BCUT2D eigenvalue weighted by atomic mass is 9.93. The molecule has 16 heteroatoms. The van der Waals surface area contributed by atoms with Crippen LogP contribution >= 0.6 is 0 Å². The predicted octanol–water partition coefficient (Wildman–Crippen LogP) is 5.75. The van der Waals surface area contributed by atoms with E-state index in [0.717, 1.165) is 121 Å². The van der Waals surface area contributed by atoms with Gasteiger partial charge in [-0.25, -0.2) is 46.2 Å². The summed E-state index contributed by atoms with van der Waals surface area (Å²) in [7, 11) is -6.33. The molecule has 4 N–H and O–H groups in total. The van der Waals surface area contributed by atoms with Crippen molar-refractivity contribution < 1.29 is 16.8 Å². The standard InChI is InChI=1S/2C19H25N5O2S/c2*1-3-12-8-13(23-27(25,26)14-4-5-14)9-15(12)19-22-11(2)17-10-21-18-16(24(17)19)6-7-20-18/h2*6-7,10,12-15,20,23H,3-5,8-9H2,1-2H3/t2*12-,13+,15+/m10/s1. The molecule has 6 atom stereocenters. The van der Waals surface area contributed by atoms with Crippen LogP contribution in [-0.4, -0.2) is 78.1 Å². The van der Waals surface area contributed by atoms with Crippen molar-refractivity contribution in [2.45, 2.75) is 126 Å². The van der Waals surface area contributed by atoms with Crippen molar-refractivity contribution in [3.05, 3.63) is 60.0 Å². The number of aromatic amines is 2. The third-order valence-corrected chi connectivity index (χ3v) is 16.5. The largest absolute Gasteiger partial charge is 0.345 e.